The van der Waals surface area contributed by atoms with Crippen molar-refractivity contribution in [2.75, 3.05) is 19.8 Å². The average Bonchev–Trinajstić information content (AvgIpc) is 3.35. The van der Waals surface area contributed by atoms with Crippen LogP contribution in [0, 0.1) is 5.92 Å². The molecule has 0 spiro atoms. The molecular formula is C25H27F3N2O5. The second-order valence-electron chi connectivity index (χ2n) is 8.09. The molecule has 0 radical (unpaired) electrons. The van der Waals surface area contributed by atoms with Gasteiger partial charge in [-0.25, -0.2) is 0 Å². The van der Waals surface area contributed by atoms with Crippen LogP contribution in [-0.2, 0) is 4.79 Å². The van der Waals surface area contributed by atoms with E-state index in [1.54, 1.807) is 24.3 Å². The van der Waals surface area contributed by atoms with Gasteiger partial charge in [0, 0.05) is 12.1 Å². The highest BCUT2D eigenvalue weighted by atomic mass is 19.4. The van der Waals surface area contributed by atoms with Gasteiger partial charge in [0.25, 0.3) is 11.8 Å². The lowest BCUT2D eigenvalue weighted by Gasteiger charge is -2.13. The number of alkyl halides is 3. The maximum absolute atomic E-state index is 12.7. The third-order valence-electron chi connectivity index (χ3n) is 5.39. The lowest BCUT2D eigenvalue weighted by Crippen LogP contribution is -2.36. The summed E-state index contributed by atoms with van der Waals surface area (Å²) in [6.45, 7) is 0.284. The molecule has 7 nitrogen and oxygen atoms in total. The van der Waals surface area contributed by atoms with E-state index in [0.717, 1.165) is 25.0 Å². The van der Waals surface area contributed by atoms with E-state index < -0.39 is 23.9 Å². The molecule has 2 amide bonds. The normalized spacial score (nSPS) is 14.5. The van der Waals surface area contributed by atoms with E-state index in [-0.39, 0.29) is 24.4 Å². The summed E-state index contributed by atoms with van der Waals surface area (Å²) in [5.41, 5.74) is 0.493. The minimum atomic E-state index is -4.82. The SMILES string of the molecule is O=C(NCCO)/C(=C\c1ccc(OC(F)(F)F)cc1)NC(=O)c1ccc(OCC2CCCC2)cc1. The number of rotatable bonds is 10. The smallest absolute Gasteiger partial charge is 0.493 e. The summed E-state index contributed by atoms with van der Waals surface area (Å²) < 4.78 is 46.7. The molecule has 0 saturated heterocycles. The lowest BCUT2D eigenvalue weighted by molar-refractivity contribution is -0.274. The first-order valence-corrected chi connectivity index (χ1v) is 11.2. The van der Waals surface area contributed by atoms with Gasteiger partial charge in [-0.3, -0.25) is 9.59 Å². The Morgan fingerprint density at radius 1 is 1.00 bits per heavy atom. The molecule has 1 aliphatic rings. The van der Waals surface area contributed by atoms with Crippen molar-refractivity contribution >= 4 is 17.9 Å². The van der Waals surface area contributed by atoms with Crippen molar-refractivity contribution in [3.05, 3.63) is 65.4 Å². The Hall–Kier alpha value is -3.53. The van der Waals surface area contributed by atoms with E-state index in [2.05, 4.69) is 15.4 Å². The van der Waals surface area contributed by atoms with Crippen LogP contribution in [0.15, 0.2) is 54.2 Å². The Labute approximate surface area is 200 Å². The molecule has 1 fully saturated rings. The standard InChI is InChI=1S/C25H27F3N2O5/c26-25(27,28)35-21-9-5-17(6-10-21)15-22(24(33)29-13-14-31)30-23(32)19-7-11-20(12-8-19)34-16-18-3-1-2-4-18/h5-12,15,18,31H,1-4,13-14,16H2,(H,29,33)(H,30,32)/b22-15+. The van der Waals surface area contributed by atoms with Gasteiger partial charge in [0.1, 0.15) is 17.2 Å². The summed E-state index contributed by atoms with van der Waals surface area (Å²) in [4.78, 5) is 25.2. The van der Waals surface area contributed by atoms with Crippen molar-refractivity contribution in [2.45, 2.75) is 32.0 Å². The fourth-order valence-electron chi connectivity index (χ4n) is 3.64. The highest BCUT2D eigenvalue weighted by Gasteiger charge is 2.31. The van der Waals surface area contributed by atoms with Gasteiger partial charge in [-0.05, 0) is 66.8 Å². The molecule has 0 unspecified atom stereocenters. The van der Waals surface area contributed by atoms with E-state index in [0.29, 0.717) is 23.8 Å². The molecule has 3 N–H and O–H groups in total. The molecule has 0 aromatic heterocycles. The van der Waals surface area contributed by atoms with Crippen molar-refractivity contribution in [1.82, 2.24) is 10.6 Å². The number of aliphatic hydroxyl groups excluding tert-OH is 1. The first-order chi connectivity index (χ1) is 16.7. The lowest BCUT2D eigenvalue weighted by atomic mass is 10.1. The number of carbonyl (C=O) groups is 2. The second-order valence-corrected chi connectivity index (χ2v) is 8.09. The fraction of sp³-hybridized carbons (Fsp3) is 0.360. The molecule has 0 aliphatic heterocycles. The molecule has 0 bridgehead atoms. The first kappa shape index (κ1) is 26.1. The van der Waals surface area contributed by atoms with Gasteiger partial charge < -0.3 is 25.2 Å². The van der Waals surface area contributed by atoms with Gasteiger partial charge in [-0.1, -0.05) is 25.0 Å². The topological polar surface area (TPSA) is 96.9 Å². The largest absolute Gasteiger partial charge is 0.573 e. The monoisotopic (exact) mass is 492 g/mol. The molecule has 2 aromatic carbocycles. The number of amides is 2. The minimum absolute atomic E-state index is 0.0442. The molecule has 188 valence electrons. The van der Waals surface area contributed by atoms with Gasteiger partial charge >= 0.3 is 6.36 Å². The Morgan fingerprint density at radius 2 is 1.63 bits per heavy atom. The first-order valence-electron chi connectivity index (χ1n) is 11.2. The number of nitrogens with one attached hydrogen (secondary N) is 2. The second kappa shape index (κ2) is 12.3. The third kappa shape index (κ3) is 8.64. The predicted molar refractivity (Wildman–Crippen MR) is 123 cm³/mol. The summed E-state index contributed by atoms with van der Waals surface area (Å²) in [6, 6.07) is 11.3. The van der Waals surface area contributed by atoms with Crippen LogP contribution in [0.5, 0.6) is 11.5 Å². The Balaban J connectivity index is 1.68. The Bertz CT molecular complexity index is 1010. The minimum Gasteiger partial charge on any atom is -0.493 e. The van der Waals surface area contributed by atoms with E-state index in [1.165, 1.54) is 31.1 Å². The zero-order chi connectivity index (χ0) is 25.3. The maximum atomic E-state index is 12.7. The summed E-state index contributed by atoms with van der Waals surface area (Å²) >= 11 is 0. The Kier molecular flexibility index (Phi) is 9.13. The van der Waals surface area contributed by atoms with Crippen LogP contribution >= 0.6 is 0 Å². The molecule has 0 heterocycles. The number of hydrogen-bond acceptors (Lipinski definition) is 5. The van der Waals surface area contributed by atoms with Crippen LogP contribution in [0.3, 0.4) is 0 Å². The van der Waals surface area contributed by atoms with Crippen LogP contribution in [0.4, 0.5) is 13.2 Å². The predicted octanol–water partition coefficient (Wildman–Crippen LogP) is 4.03. The number of hydrogen-bond donors (Lipinski definition) is 3. The summed E-state index contributed by atoms with van der Waals surface area (Å²) in [6.07, 6.45) is 1.25. The van der Waals surface area contributed by atoms with Crippen molar-refractivity contribution in [3.63, 3.8) is 0 Å². The van der Waals surface area contributed by atoms with Crippen molar-refractivity contribution in [3.8, 4) is 11.5 Å². The summed E-state index contributed by atoms with van der Waals surface area (Å²) in [5, 5.41) is 13.9. The quantitative estimate of drug-likeness (QED) is 0.435. The van der Waals surface area contributed by atoms with Gasteiger partial charge in [0.05, 0.1) is 13.2 Å². The van der Waals surface area contributed by atoms with Gasteiger partial charge in [0.2, 0.25) is 0 Å². The highest BCUT2D eigenvalue weighted by molar-refractivity contribution is 6.05. The van der Waals surface area contributed by atoms with Gasteiger partial charge in [-0.2, -0.15) is 0 Å². The molecule has 0 atom stereocenters. The number of carbonyl (C=O) groups excluding carboxylic acids is 2. The number of ether oxygens (including phenoxy) is 2. The Morgan fingerprint density at radius 3 is 2.23 bits per heavy atom. The maximum Gasteiger partial charge on any atom is 0.573 e. The molecule has 2 aromatic rings. The molecule has 1 aliphatic carbocycles. The van der Waals surface area contributed by atoms with E-state index in [1.807, 2.05) is 0 Å². The van der Waals surface area contributed by atoms with Crippen molar-refractivity contribution in [1.29, 1.82) is 0 Å². The zero-order valence-corrected chi connectivity index (χ0v) is 18.9. The number of aliphatic hydroxyl groups is 1. The molecule has 3 rings (SSSR count). The highest BCUT2D eigenvalue weighted by Crippen LogP contribution is 2.26. The van der Waals surface area contributed by atoms with Crippen molar-refractivity contribution < 1.29 is 37.3 Å². The van der Waals surface area contributed by atoms with E-state index >= 15 is 0 Å². The van der Waals surface area contributed by atoms with Crippen LogP contribution in [0.25, 0.3) is 6.08 Å². The van der Waals surface area contributed by atoms with Gasteiger partial charge in [0.15, 0.2) is 0 Å². The molecular weight excluding hydrogens is 465 g/mol. The summed E-state index contributed by atoms with van der Waals surface area (Å²) in [5.74, 6) is -0.447. The molecule has 1 saturated carbocycles. The average molecular weight is 492 g/mol. The van der Waals surface area contributed by atoms with Crippen LogP contribution in [0.1, 0.15) is 41.6 Å². The molecule has 35 heavy (non-hydrogen) atoms. The van der Waals surface area contributed by atoms with Crippen LogP contribution < -0.4 is 20.1 Å². The van der Waals surface area contributed by atoms with Crippen LogP contribution in [0.2, 0.25) is 0 Å². The zero-order valence-electron chi connectivity index (χ0n) is 18.9. The number of halogens is 3. The van der Waals surface area contributed by atoms with Crippen molar-refractivity contribution in [2.24, 2.45) is 5.92 Å². The van der Waals surface area contributed by atoms with E-state index in [9.17, 15) is 22.8 Å². The molecule has 10 heteroatoms. The van der Waals surface area contributed by atoms with Crippen LogP contribution in [-0.4, -0.2) is 43.0 Å². The number of benzene rings is 2. The van der Waals surface area contributed by atoms with E-state index in [4.69, 9.17) is 9.84 Å². The third-order valence-corrected chi connectivity index (χ3v) is 5.39. The van der Waals surface area contributed by atoms with Gasteiger partial charge in [-0.15, -0.1) is 13.2 Å². The summed E-state index contributed by atoms with van der Waals surface area (Å²) in [7, 11) is 0. The fourth-order valence-corrected chi connectivity index (χ4v) is 3.64.